The molecule has 13 aromatic rings. The van der Waals surface area contributed by atoms with Gasteiger partial charge in [-0.3, -0.25) is 0 Å². The van der Waals surface area contributed by atoms with Crippen LogP contribution in [0.5, 0.6) is 0 Å². The molecule has 0 spiro atoms. The summed E-state index contributed by atoms with van der Waals surface area (Å²) >= 11 is 0. The van der Waals surface area contributed by atoms with Crippen molar-refractivity contribution in [2.45, 2.75) is 47.5 Å². The number of aromatic nitrogens is 2. The first-order chi connectivity index (χ1) is 35.8. The van der Waals surface area contributed by atoms with Crippen LogP contribution in [0.3, 0.4) is 0 Å². The number of aryl methyl sites for hydroxylation is 5. The van der Waals surface area contributed by atoms with Gasteiger partial charge >= 0.3 is 0 Å². The number of nitrogens with zero attached hydrogens (tertiary/aromatic N) is 4. The van der Waals surface area contributed by atoms with E-state index >= 15 is 0 Å². The number of fused-ring (bicyclic) bond motifs is 8. The number of anilines is 6. The van der Waals surface area contributed by atoms with E-state index < -0.39 is 0 Å². The summed E-state index contributed by atoms with van der Waals surface area (Å²) in [7, 11) is 0. The Bertz CT molecular complexity index is 4140. The van der Waals surface area contributed by atoms with Crippen LogP contribution in [0.1, 0.15) is 41.2 Å². The van der Waals surface area contributed by atoms with Gasteiger partial charge in [0, 0.05) is 66.4 Å². The molecule has 0 N–H and O–H groups in total. The molecule has 0 bridgehead atoms. The van der Waals surface area contributed by atoms with Crippen LogP contribution in [0.2, 0.25) is 0 Å². The Hall–Kier alpha value is -8.86. The van der Waals surface area contributed by atoms with Gasteiger partial charge in [0.2, 0.25) is 0 Å². The summed E-state index contributed by atoms with van der Waals surface area (Å²) in [5.41, 5.74) is 20.0. The zero-order chi connectivity index (χ0) is 49.3. The predicted octanol–water partition coefficient (Wildman–Crippen LogP) is 19.3. The second-order valence-electron chi connectivity index (χ2n) is 20.0. The minimum atomic E-state index is 1.03. The Morgan fingerprint density at radius 1 is 0.301 bits per heavy atom. The van der Waals surface area contributed by atoms with Crippen molar-refractivity contribution < 1.29 is 0 Å². The van der Waals surface area contributed by atoms with Crippen LogP contribution in [0, 0.1) is 27.7 Å². The van der Waals surface area contributed by atoms with Crippen LogP contribution in [0.4, 0.5) is 34.1 Å². The molecular formula is C69H56N4. The minimum Gasteiger partial charge on any atom is -0.310 e. The van der Waals surface area contributed by atoms with Crippen molar-refractivity contribution in [3.63, 3.8) is 0 Å². The highest BCUT2D eigenvalue weighted by molar-refractivity contribution is 6.21. The topological polar surface area (TPSA) is 16.3 Å². The third-order valence-electron chi connectivity index (χ3n) is 15.1. The number of benzene rings is 11. The third kappa shape index (κ3) is 7.52. The Balaban J connectivity index is 1.13. The van der Waals surface area contributed by atoms with E-state index in [9.17, 15) is 0 Å². The molecule has 0 aliphatic heterocycles. The lowest BCUT2D eigenvalue weighted by atomic mass is 9.99. The van der Waals surface area contributed by atoms with Crippen molar-refractivity contribution in [2.75, 3.05) is 9.80 Å². The largest absolute Gasteiger partial charge is 0.310 e. The summed E-state index contributed by atoms with van der Waals surface area (Å²) in [6.07, 6.45) is 2.12. The monoisotopic (exact) mass is 940 g/mol. The molecule has 0 aliphatic rings. The van der Waals surface area contributed by atoms with Crippen LogP contribution in [-0.2, 0) is 6.42 Å². The van der Waals surface area contributed by atoms with E-state index in [-0.39, 0.29) is 0 Å². The molecule has 0 unspecified atom stereocenters. The standard InChI is InChI=1S/C69H56N4/c1-6-12-49-27-40-65(59-17-10-9-15-57(49)59)73-67-42-56(71(53-32-23-47(4)24-33-53)54-34-25-48(5)26-35-54)37-39-61(67)63-43-68-62(44-69(63)73)60-38-36-55(41-66(60)72(68)64-18-11-14-50-13-7-8-16-58(50)64)70(51-28-19-45(2)20-29-51)52-30-21-46(3)22-31-52/h7-11,13-44H,6,12H2,1-5H3. The lowest BCUT2D eigenvalue weighted by molar-refractivity contribution is 0.929. The molecule has 352 valence electrons. The molecule has 2 aromatic heterocycles. The lowest BCUT2D eigenvalue weighted by Crippen LogP contribution is -2.10. The van der Waals surface area contributed by atoms with Crippen LogP contribution in [0.15, 0.2) is 224 Å². The molecule has 0 aliphatic carbocycles. The van der Waals surface area contributed by atoms with E-state index in [1.165, 1.54) is 87.6 Å². The fourth-order valence-electron chi connectivity index (χ4n) is 11.4. The molecule has 0 radical (unpaired) electrons. The van der Waals surface area contributed by atoms with Gasteiger partial charge in [-0.05, 0) is 148 Å². The zero-order valence-electron chi connectivity index (χ0n) is 42.1. The maximum absolute atomic E-state index is 2.56. The van der Waals surface area contributed by atoms with Gasteiger partial charge in [-0.25, -0.2) is 0 Å². The highest BCUT2D eigenvalue weighted by atomic mass is 15.2. The molecule has 4 heteroatoms. The van der Waals surface area contributed by atoms with Gasteiger partial charge in [-0.1, -0.05) is 163 Å². The fraction of sp³-hybridized carbons (Fsp3) is 0.101. The summed E-state index contributed by atoms with van der Waals surface area (Å²) in [6, 6.07) is 84.0. The van der Waals surface area contributed by atoms with Crippen molar-refractivity contribution >= 4 is 99.3 Å². The predicted molar refractivity (Wildman–Crippen MR) is 312 cm³/mol. The molecule has 2 heterocycles. The SMILES string of the molecule is CCCc1ccc(-n2c3cc(N(c4ccc(C)cc4)c4ccc(C)cc4)ccc3c3cc4c(cc32)c2ccc(N(c3ccc(C)cc3)c3ccc(C)cc3)cc2n4-c2cccc3ccccc23)c2ccccc12. The first kappa shape index (κ1) is 44.1. The second-order valence-corrected chi connectivity index (χ2v) is 20.0. The Kier molecular flexibility index (Phi) is 10.7. The van der Waals surface area contributed by atoms with Gasteiger partial charge in [0.1, 0.15) is 0 Å². The summed E-state index contributed by atoms with van der Waals surface area (Å²) in [4.78, 5) is 4.79. The normalized spacial score (nSPS) is 11.7. The summed E-state index contributed by atoms with van der Waals surface area (Å²) in [6.45, 7) is 10.9. The molecule has 13 rings (SSSR count). The quantitative estimate of drug-likeness (QED) is 0.136. The van der Waals surface area contributed by atoms with Crippen molar-refractivity contribution in [3.8, 4) is 11.4 Å². The molecule has 73 heavy (non-hydrogen) atoms. The average molecular weight is 941 g/mol. The van der Waals surface area contributed by atoms with E-state index in [1.54, 1.807) is 0 Å². The van der Waals surface area contributed by atoms with E-state index in [0.29, 0.717) is 0 Å². The van der Waals surface area contributed by atoms with Crippen LogP contribution in [0.25, 0.3) is 76.5 Å². The molecule has 4 nitrogen and oxygen atoms in total. The maximum Gasteiger partial charge on any atom is 0.0562 e. The Morgan fingerprint density at radius 2 is 0.685 bits per heavy atom. The van der Waals surface area contributed by atoms with Crippen LogP contribution < -0.4 is 9.80 Å². The summed E-state index contributed by atoms with van der Waals surface area (Å²) < 4.78 is 5.08. The smallest absolute Gasteiger partial charge is 0.0562 e. The molecule has 0 atom stereocenters. The third-order valence-corrected chi connectivity index (χ3v) is 15.1. The van der Waals surface area contributed by atoms with Gasteiger partial charge in [0.25, 0.3) is 0 Å². The number of rotatable bonds is 10. The highest BCUT2D eigenvalue weighted by Crippen LogP contribution is 2.46. The zero-order valence-corrected chi connectivity index (χ0v) is 42.1. The van der Waals surface area contributed by atoms with Crippen molar-refractivity contribution in [2.24, 2.45) is 0 Å². The van der Waals surface area contributed by atoms with Gasteiger partial charge in [0.15, 0.2) is 0 Å². The number of hydrogen-bond donors (Lipinski definition) is 0. The van der Waals surface area contributed by atoms with Crippen LogP contribution in [-0.4, -0.2) is 9.13 Å². The second kappa shape index (κ2) is 17.8. The average Bonchev–Trinajstić information content (AvgIpc) is 3.91. The Labute approximate surface area is 427 Å². The molecule has 0 fully saturated rings. The van der Waals surface area contributed by atoms with Crippen molar-refractivity contribution in [1.82, 2.24) is 9.13 Å². The summed E-state index contributed by atoms with van der Waals surface area (Å²) in [5, 5.41) is 9.80. The maximum atomic E-state index is 2.56. The summed E-state index contributed by atoms with van der Waals surface area (Å²) in [5.74, 6) is 0. The molecular weight excluding hydrogens is 885 g/mol. The first-order valence-corrected chi connectivity index (χ1v) is 25.7. The van der Waals surface area contributed by atoms with E-state index in [4.69, 9.17) is 0 Å². The molecule has 11 aromatic carbocycles. The molecule has 0 amide bonds. The molecule has 0 saturated carbocycles. The highest BCUT2D eigenvalue weighted by Gasteiger charge is 2.24. The van der Waals surface area contributed by atoms with E-state index in [0.717, 1.165) is 63.7 Å². The van der Waals surface area contributed by atoms with Crippen LogP contribution >= 0.6 is 0 Å². The number of hydrogen-bond acceptors (Lipinski definition) is 2. The van der Waals surface area contributed by atoms with Crippen molar-refractivity contribution in [3.05, 3.63) is 252 Å². The van der Waals surface area contributed by atoms with E-state index in [1.807, 2.05) is 0 Å². The van der Waals surface area contributed by atoms with Gasteiger partial charge < -0.3 is 18.9 Å². The minimum absolute atomic E-state index is 1.03. The first-order valence-electron chi connectivity index (χ1n) is 25.7. The lowest BCUT2D eigenvalue weighted by Gasteiger charge is -2.26. The van der Waals surface area contributed by atoms with Gasteiger partial charge in [-0.15, -0.1) is 0 Å². The van der Waals surface area contributed by atoms with Gasteiger partial charge in [-0.2, -0.15) is 0 Å². The molecule has 0 saturated heterocycles. The fourth-order valence-corrected chi connectivity index (χ4v) is 11.4. The van der Waals surface area contributed by atoms with Gasteiger partial charge in [0.05, 0.1) is 33.4 Å². The van der Waals surface area contributed by atoms with E-state index in [2.05, 4.69) is 278 Å². The van der Waals surface area contributed by atoms with Crippen molar-refractivity contribution in [1.29, 1.82) is 0 Å². The Morgan fingerprint density at radius 3 is 1.15 bits per heavy atom.